The van der Waals surface area contributed by atoms with Crippen molar-refractivity contribution in [3.8, 4) is 11.6 Å². The number of hydrogen-bond acceptors (Lipinski definition) is 9. The van der Waals surface area contributed by atoms with Crippen molar-refractivity contribution in [3.05, 3.63) is 24.3 Å². The molecular formula is C14H19N7O3. The van der Waals surface area contributed by atoms with Crippen LogP contribution in [0.15, 0.2) is 18.5 Å². The van der Waals surface area contributed by atoms with Crippen molar-refractivity contribution in [1.29, 1.82) is 0 Å². The molecule has 0 fully saturated rings. The number of ether oxygens (including phenoxy) is 2. The molecule has 0 aliphatic heterocycles. The molecule has 0 bridgehead atoms. The molecule has 0 atom stereocenters. The Morgan fingerprint density at radius 3 is 2.54 bits per heavy atom. The summed E-state index contributed by atoms with van der Waals surface area (Å²) in [4.78, 5) is 19.5. The number of nitrogens with one attached hydrogen (secondary N) is 1. The lowest BCUT2D eigenvalue weighted by atomic mass is 10.3. The molecule has 0 saturated carbocycles. The van der Waals surface area contributed by atoms with Gasteiger partial charge in [-0.25, -0.2) is 9.97 Å². The van der Waals surface area contributed by atoms with E-state index in [1.807, 2.05) is 0 Å². The van der Waals surface area contributed by atoms with E-state index in [1.54, 1.807) is 25.6 Å². The average molecular weight is 333 g/mol. The van der Waals surface area contributed by atoms with Gasteiger partial charge in [-0.15, -0.1) is 20.4 Å². The molecular weight excluding hydrogens is 314 g/mol. The van der Waals surface area contributed by atoms with Gasteiger partial charge >= 0.3 is 0 Å². The normalized spacial score (nSPS) is 10.5. The van der Waals surface area contributed by atoms with E-state index in [-0.39, 0.29) is 18.3 Å². The second-order valence-electron chi connectivity index (χ2n) is 4.71. The Balaban J connectivity index is 1.65. The minimum absolute atomic E-state index is 0.0226. The van der Waals surface area contributed by atoms with E-state index in [0.29, 0.717) is 44.2 Å². The first-order valence-corrected chi connectivity index (χ1v) is 7.46. The van der Waals surface area contributed by atoms with Gasteiger partial charge in [0.2, 0.25) is 17.6 Å². The molecule has 2 heterocycles. The molecule has 0 spiro atoms. The summed E-state index contributed by atoms with van der Waals surface area (Å²) < 4.78 is 9.93. The van der Waals surface area contributed by atoms with Crippen LogP contribution in [0, 0.1) is 0 Å². The minimum atomic E-state index is -0.167. The third-order valence-electron chi connectivity index (χ3n) is 2.85. The predicted molar refractivity (Wildman–Crippen MR) is 82.7 cm³/mol. The molecule has 2 aromatic heterocycles. The smallest absolute Gasteiger partial charge is 0.245 e. The molecule has 1 N–H and O–H groups in total. The molecule has 128 valence electrons. The molecule has 2 aromatic rings. The van der Waals surface area contributed by atoms with Crippen molar-refractivity contribution in [3.63, 3.8) is 0 Å². The Morgan fingerprint density at radius 1 is 1.08 bits per heavy atom. The Morgan fingerprint density at radius 2 is 1.83 bits per heavy atom. The average Bonchev–Trinajstić information content (AvgIpc) is 2.64. The van der Waals surface area contributed by atoms with Crippen LogP contribution in [0.25, 0.3) is 11.6 Å². The maximum absolute atomic E-state index is 11.5. The summed E-state index contributed by atoms with van der Waals surface area (Å²) in [5.74, 6) is 0.991. The first-order valence-electron chi connectivity index (χ1n) is 7.46. The highest BCUT2D eigenvalue weighted by Gasteiger charge is 2.07. The number of rotatable bonds is 10. The van der Waals surface area contributed by atoms with Gasteiger partial charge in [0.05, 0.1) is 13.2 Å². The zero-order valence-electron chi connectivity index (χ0n) is 13.4. The van der Waals surface area contributed by atoms with Crippen LogP contribution in [0.3, 0.4) is 0 Å². The van der Waals surface area contributed by atoms with E-state index in [4.69, 9.17) is 9.47 Å². The number of carbonyl (C=O) groups excluding carboxylic acids is 1. The van der Waals surface area contributed by atoms with Gasteiger partial charge in [-0.2, -0.15) is 0 Å². The fourth-order valence-corrected chi connectivity index (χ4v) is 1.69. The SMILES string of the molecule is COCCOCC(=O)NCCCc1nnc(-c2ncccn2)nn1. The number of carbonyl (C=O) groups is 1. The quantitative estimate of drug-likeness (QED) is 0.569. The second-order valence-corrected chi connectivity index (χ2v) is 4.71. The van der Waals surface area contributed by atoms with Crippen LogP contribution >= 0.6 is 0 Å². The Kier molecular flexibility index (Phi) is 7.57. The Labute approximate surface area is 139 Å². The molecule has 24 heavy (non-hydrogen) atoms. The molecule has 0 unspecified atom stereocenters. The molecule has 0 radical (unpaired) electrons. The summed E-state index contributed by atoms with van der Waals surface area (Å²) in [7, 11) is 1.58. The lowest BCUT2D eigenvalue weighted by molar-refractivity contribution is -0.126. The van der Waals surface area contributed by atoms with Crippen LogP contribution in [-0.4, -0.2) is 69.7 Å². The number of aromatic nitrogens is 6. The summed E-state index contributed by atoms with van der Waals surface area (Å²) >= 11 is 0. The largest absolute Gasteiger partial charge is 0.382 e. The van der Waals surface area contributed by atoms with E-state index >= 15 is 0 Å². The standard InChI is InChI=1S/C14H19N7O3/c1-23-8-9-24-10-12(22)15-5-2-4-11-18-20-14(21-19-11)13-16-6-3-7-17-13/h3,6-7H,2,4-5,8-10H2,1H3,(H,15,22). The number of methoxy groups -OCH3 is 1. The van der Waals surface area contributed by atoms with Crippen molar-refractivity contribution >= 4 is 5.91 Å². The minimum Gasteiger partial charge on any atom is -0.382 e. The summed E-state index contributed by atoms with van der Waals surface area (Å²) in [6.07, 6.45) is 4.43. The van der Waals surface area contributed by atoms with Crippen LogP contribution < -0.4 is 5.32 Å². The summed E-state index contributed by atoms with van der Waals surface area (Å²) in [6.45, 7) is 1.38. The summed E-state index contributed by atoms with van der Waals surface area (Å²) in [6, 6.07) is 1.70. The van der Waals surface area contributed by atoms with Gasteiger partial charge in [-0.05, 0) is 12.5 Å². The highest BCUT2D eigenvalue weighted by atomic mass is 16.5. The monoisotopic (exact) mass is 333 g/mol. The van der Waals surface area contributed by atoms with Gasteiger partial charge < -0.3 is 14.8 Å². The number of aryl methyl sites for hydroxylation is 1. The van der Waals surface area contributed by atoms with Gasteiger partial charge in [0.1, 0.15) is 6.61 Å². The van der Waals surface area contributed by atoms with Crippen molar-refractivity contribution in [2.24, 2.45) is 0 Å². The molecule has 10 nitrogen and oxygen atoms in total. The zero-order chi connectivity index (χ0) is 17.0. The van der Waals surface area contributed by atoms with Crippen molar-refractivity contribution < 1.29 is 14.3 Å². The van der Waals surface area contributed by atoms with Gasteiger partial charge in [-0.1, -0.05) is 0 Å². The maximum Gasteiger partial charge on any atom is 0.245 e. The van der Waals surface area contributed by atoms with Crippen molar-refractivity contribution in [1.82, 2.24) is 35.7 Å². The van der Waals surface area contributed by atoms with E-state index in [2.05, 4.69) is 35.7 Å². The Bertz CT molecular complexity index is 610. The van der Waals surface area contributed by atoms with Gasteiger partial charge in [-0.3, -0.25) is 4.79 Å². The van der Waals surface area contributed by atoms with E-state index in [1.165, 1.54) is 0 Å². The Hall–Kier alpha value is -2.59. The molecule has 0 aliphatic carbocycles. The lowest BCUT2D eigenvalue weighted by Crippen LogP contribution is -2.29. The van der Waals surface area contributed by atoms with Crippen LogP contribution in [0.4, 0.5) is 0 Å². The first-order chi connectivity index (χ1) is 11.8. The number of amides is 1. The van der Waals surface area contributed by atoms with E-state index in [0.717, 1.165) is 0 Å². The number of nitrogens with zero attached hydrogens (tertiary/aromatic N) is 6. The second kappa shape index (κ2) is 10.2. The first kappa shape index (κ1) is 17.8. The molecule has 1 amide bonds. The number of hydrogen-bond donors (Lipinski definition) is 1. The third-order valence-corrected chi connectivity index (χ3v) is 2.85. The van der Waals surface area contributed by atoms with E-state index < -0.39 is 0 Å². The van der Waals surface area contributed by atoms with Crippen LogP contribution in [0.5, 0.6) is 0 Å². The van der Waals surface area contributed by atoms with Gasteiger partial charge in [0, 0.05) is 32.5 Å². The van der Waals surface area contributed by atoms with Crippen molar-refractivity contribution in [2.75, 3.05) is 33.5 Å². The van der Waals surface area contributed by atoms with Gasteiger partial charge in [0.25, 0.3) is 0 Å². The molecule has 0 saturated heterocycles. The molecule has 2 rings (SSSR count). The van der Waals surface area contributed by atoms with Gasteiger partial charge in [0.15, 0.2) is 5.82 Å². The summed E-state index contributed by atoms with van der Waals surface area (Å²) in [5.41, 5.74) is 0. The predicted octanol–water partition coefficient (Wildman–Crippen LogP) is -0.565. The summed E-state index contributed by atoms with van der Waals surface area (Å²) in [5, 5.41) is 18.6. The fraction of sp³-hybridized carbons (Fsp3) is 0.500. The zero-order valence-corrected chi connectivity index (χ0v) is 13.4. The third kappa shape index (κ3) is 6.26. The lowest BCUT2D eigenvalue weighted by Gasteiger charge is -2.05. The molecule has 0 aliphatic rings. The fourth-order valence-electron chi connectivity index (χ4n) is 1.69. The maximum atomic E-state index is 11.5. The molecule has 10 heteroatoms. The van der Waals surface area contributed by atoms with E-state index in [9.17, 15) is 4.79 Å². The van der Waals surface area contributed by atoms with Crippen LogP contribution in [0.1, 0.15) is 12.2 Å². The highest BCUT2D eigenvalue weighted by molar-refractivity contribution is 5.77. The van der Waals surface area contributed by atoms with Crippen LogP contribution in [0.2, 0.25) is 0 Å². The topological polar surface area (TPSA) is 125 Å². The highest BCUT2D eigenvalue weighted by Crippen LogP contribution is 2.03. The molecule has 0 aromatic carbocycles. The van der Waals surface area contributed by atoms with Crippen LogP contribution in [-0.2, 0) is 20.7 Å². The van der Waals surface area contributed by atoms with Crippen molar-refractivity contribution in [2.45, 2.75) is 12.8 Å².